The molecule has 0 radical (unpaired) electrons. The molecule has 1 amide bonds. The number of benzene rings is 1. The van der Waals surface area contributed by atoms with Crippen molar-refractivity contribution in [3.8, 4) is 0 Å². The zero-order valence-electron chi connectivity index (χ0n) is 12.2. The second-order valence-corrected chi connectivity index (χ2v) is 5.15. The van der Waals surface area contributed by atoms with Crippen LogP contribution < -0.4 is 5.32 Å². The molecule has 2 unspecified atom stereocenters. The van der Waals surface area contributed by atoms with Gasteiger partial charge in [0.15, 0.2) is 0 Å². The van der Waals surface area contributed by atoms with Crippen molar-refractivity contribution in [2.24, 2.45) is 5.16 Å². The van der Waals surface area contributed by atoms with Crippen LogP contribution in [-0.4, -0.2) is 35.5 Å². The van der Waals surface area contributed by atoms with Crippen molar-refractivity contribution in [2.45, 2.75) is 38.4 Å². The van der Waals surface area contributed by atoms with Crippen LogP contribution in [0.15, 0.2) is 23.4 Å². The number of aliphatic hydroxyl groups is 1. The number of carbonyl (C=O) groups is 1. The van der Waals surface area contributed by atoms with Crippen LogP contribution in [0.2, 0.25) is 0 Å². The molecule has 0 aromatic heterocycles. The fourth-order valence-corrected chi connectivity index (χ4v) is 2.16. The van der Waals surface area contributed by atoms with Crippen LogP contribution in [0.1, 0.15) is 31.7 Å². The molecule has 120 valence electrons. The second-order valence-electron chi connectivity index (χ2n) is 5.15. The van der Waals surface area contributed by atoms with Crippen LogP contribution in [0.5, 0.6) is 0 Å². The molecule has 2 atom stereocenters. The molecule has 0 fully saturated rings. The second kappa shape index (κ2) is 7.31. The van der Waals surface area contributed by atoms with Gasteiger partial charge in [0.05, 0.1) is 11.8 Å². The van der Waals surface area contributed by atoms with Crippen LogP contribution >= 0.6 is 0 Å². The van der Waals surface area contributed by atoms with E-state index in [1.165, 1.54) is 0 Å². The van der Waals surface area contributed by atoms with E-state index in [-0.39, 0.29) is 24.2 Å². The first-order chi connectivity index (χ1) is 10.5. The summed E-state index contributed by atoms with van der Waals surface area (Å²) in [5, 5.41) is 15.8. The zero-order chi connectivity index (χ0) is 16.1. The topological polar surface area (TPSA) is 70.9 Å². The fraction of sp³-hybridized carbons (Fsp3) is 0.467. The highest BCUT2D eigenvalue weighted by Crippen LogP contribution is 2.20. The number of amides is 1. The summed E-state index contributed by atoms with van der Waals surface area (Å²) in [6.45, 7) is 2.05. The smallest absolute Gasteiger partial charge is 0.264 e. The Labute approximate surface area is 127 Å². The van der Waals surface area contributed by atoms with Crippen LogP contribution in [0.3, 0.4) is 0 Å². The van der Waals surface area contributed by atoms with E-state index in [9.17, 15) is 18.7 Å². The summed E-state index contributed by atoms with van der Waals surface area (Å²) in [5.74, 6) is -1.65. The summed E-state index contributed by atoms with van der Waals surface area (Å²) in [4.78, 5) is 16.9. The monoisotopic (exact) mass is 312 g/mol. The average molecular weight is 312 g/mol. The van der Waals surface area contributed by atoms with E-state index in [2.05, 4.69) is 10.5 Å². The lowest BCUT2D eigenvalue weighted by Crippen LogP contribution is -2.39. The molecular weight excluding hydrogens is 294 g/mol. The Morgan fingerprint density at radius 1 is 1.55 bits per heavy atom. The van der Waals surface area contributed by atoms with E-state index >= 15 is 0 Å². The maximum atomic E-state index is 13.7. The number of hydrogen-bond donors (Lipinski definition) is 2. The van der Waals surface area contributed by atoms with Crippen molar-refractivity contribution in [1.82, 2.24) is 5.32 Å². The Balaban J connectivity index is 1.91. The predicted molar refractivity (Wildman–Crippen MR) is 76.3 cm³/mol. The fourth-order valence-electron chi connectivity index (χ4n) is 2.16. The minimum absolute atomic E-state index is 0.0127. The maximum absolute atomic E-state index is 13.7. The van der Waals surface area contributed by atoms with Gasteiger partial charge in [-0.3, -0.25) is 4.79 Å². The molecule has 1 aromatic rings. The van der Waals surface area contributed by atoms with Crippen molar-refractivity contribution < 1.29 is 23.5 Å². The lowest BCUT2D eigenvalue weighted by molar-refractivity contribution is -0.131. The van der Waals surface area contributed by atoms with E-state index in [1.807, 2.05) is 6.92 Å². The van der Waals surface area contributed by atoms with E-state index in [4.69, 9.17) is 4.84 Å². The minimum atomic E-state index is -0.897. The van der Waals surface area contributed by atoms with Gasteiger partial charge in [0.2, 0.25) is 6.10 Å². The molecule has 1 aromatic carbocycles. The van der Waals surface area contributed by atoms with Crippen molar-refractivity contribution in [3.05, 3.63) is 35.4 Å². The normalized spacial score (nSPS) is 18.5. The van der Waals surface area contributed by atoms with E-state index in [0.717, 1.165) is 24.6 Å². The van der Waals surface area contributed by atoms with Gasteiger partial charge in [-0.1, -0.05) is 18.5 Å². The average Bonchev–Trinajstić information content (AvgIpc) is 2.97. The molecule has 2 rings (SSSR count). The van der Waals surface area contributed by atoms with Crippen molar-refractivity contribution in [1.29, 1.82) is 0 Å². The summed E-state index contributed by atoms with van der Waals surface area (Å²) in [5.41, 5.74) is 0.174. The third-order valence-corrected chi connectivity index (χ3v) is 3.33. The molecule has 7 heteroatoms. The van der Waals surface area contributed by atoms with E-state index in [0.29, 0.717) is 6.42 Å². The number of oxime groups is 1. The van der Waals surface area contributed by atoms with Gasteiger partial charge in [-0.2, -0.15) is 0 Å². The third-order valence-electron chi connectivity index (χ3n) is 3.33. The van der Waals surface area contributed by atoms with Crippen molar-refractivity contribution >= 4 is 11.6 Å². The number of aliphatic hydroxyl groups excluding tert-OH is 1. The van der Waals surface area contributed by atoms with Gasteiger partial charge < -0.3 is 15.3 Å². The largest absolute Gasteiger partial charge is 0.391 e. The molecule has 0 bridgehead atoms. The molecule has 0 spiro atoms. The Kier molecular flexibility index (Phi) is 5.43. The van der Waals surface area contributed by atoms with Crippen LogP contribution in [0.4, 0.5) is 8.78 Å². The Morgan fingerprint density at radius 2 is 2.32 bits per heavy atom. The number of carbonyl (C=O) groups excluding carboxylic acids is 1. The minimum Gasteiger partial charge on any atom is -0.391 e. The summed E-state index contributed by atoms with van der Waals surface area (Å²) in [6.07, 6.45) is -0.0656. The maximum Gasteiger partial charge on any atom is 0.264 e. The molecule has 0 aliphatic carbocycles. The number of halogens is 2. The van der Waals surface area contributed by atoms with E-state index in [1.54, 1.807) is 0 Å². The summed E-state index contributed by atoms with van der Waals surface area (Å²) in [6, 6.07) is 3.03. The molecule has 1 aliphatic heterocycles. The lowest BCUT2D eigenvalue weighted by Gasteiger charge is -2.13. The molecule has 1 heterocycles. The Hall–Kier alpha value is -2.02. The predicted octanol–water partition coefficient (Wildman–Crippen LogP) is 1.74. The first-order valence-corrected chi connectivity index (χ1v) is 7.15. The number of nitrogens with one attached hydrogen (secondary N) is 1. The van der Waals surface area contributed by atoms with Crippen LogP contribution in [0, 0.1) is 11.6 Å². The third kappa shape index (κ3) is 4.00. The van der Waals surface area contributed by atoms with Gasteiger partial charge in [0.1, 0.15) is 11.6 Å². The Bertz CT molecular complexity index is 578. The lowest BCUT2D eigenvalue weighted by atomic mass is 10.0. The molecule has 1 aliphatic rings. The number of rotatable bonds is 6. The van der Waals surface area contributed by atoms with Gasteiger partial charge in [0.25, 0.3) is 5.91 Å². The highest BCUT2D eigenvalue weighted by atomic mass is 19.1. The molecule has 5 nitrogen and oxygen atoms in total. The van der Waals surface area contributed by atoms with Crippen LogP contribution in [-0.2, 0) is 9.63 Å². The Morgan fingerprint density at radius 3 is 3.05 bits per heavy atom. The van der Waals surface area contributed by atoms with E-state index < -0.39 is 29.7 Å². The van der Waals surface area contributed by atoms with Gasteiger partial charge in [-0.05, 0) is 24.6 Å². The van der Waals surface area contributed by atoms with Gasteiger partial charge in [0, 0.05) is 18.5 Å². The molecule has 22 heavy (non-hydrogen) atoms. The summed E-state index contributed by atoms with van der Waals surface area (Å²) >= 11 is 0. The first kappa shape index (κ1) is 16.4. The quantitative estimate of drug-likeness (QED) is 0.840. The summed E-state index contributed by atoms with van der Waals surface area (Å²) in [7, 11) is 0. The van der Waals surface area contributed by atoms with Crippen molar-refractivity contribution in [3.63, 3.8) is 0 Å². The SMILES string of the molecule is CCCC(O)CNC(=O)C1CC(c2cc(F)ccc2F)=NO1. The molecular formula is C15H18F2N2O3. The molecule has 0 saturated carbocycles. The highest BCUT2D eigenvalue weighted by Gasteiger charge is 2.30. The number of nitrogens with zero attached hydrogens (tertiary/aromatic N) is 1. The zero-order valence-corrected chi connectivity index (χ0v) is 12.2. The van der Waals surface area contributed by atoms with Gasteiger partial charge >= 0.3 is 0 Å². The van der Waals surface area contributed by atoms with Crippen molar-refractivity contribution in [2.75, 3.05) is 6.54 Å². The first-order valence-electron chi connectivity index (χ1n) is 7.15. The molecule has 2 N–H and O–H groups in total. The molecule has 0 saturated heterocycles. The van der Waals surface area contributed by atoms with Crippen LogP contribution in [0.25, 0.3) is 0 Å². The number of hydrogen-bond acceptors (Lipinski definition) is 4. The summed E-state index contributed by atoms with van der Waals surface area (Å²) < 4.78 is 26.8. The van der Waals surface area contributed by atoms with Gasteiger partial charge in [-0.15, -0.1) is 0 Å². The highest BCUT2D eigenvalue weighted by molar-refractivity contribution is 6.04. The van der Waals surface area contributed by atoms with Gasteiger partial charge in [-0.25, -0.2) is 8.78 Å². The standard InChI is InChI=1S/C15H18F2N2O3/c1-2-3-10(20)8-18-15(21)14-7-13(19-22-14)11-6-9(16)4-5-12(11)17/h4-6,10,14,20H,2-3,7-8H2,1H3,(H,18,21).